The molecule has 0 aliphatic heterocycles. The number of methoxy groups -OCH3 is 2. The largest absolute Gasteiger partial charge is 0.497 e. The second kappa shape index (κ2) is 7.89. The van der Waals surface area contributed by atoms with Gasteiger partial charge < -0.3 is 9.47 Å². The van der Waals surface area contributed by atoms with Gasteiger partial charge in [-0.3, -0.25) is 0 Å². The lowest BCUT2D eigenvalue weighted by Crippen LogP contribution is -2.06. The molecule has 0 aliphatic carbocycles. The standard InChI is InChI=1S/C23H23O2/c1-17-6-4-5-7-20(17)16-23(18-8-12-21(24-2)13-9-18)19-10-14-22(25-3)15-11-19/h5-15,23H,16H2,1-3H3. The molecule has 0 bridgehead atoms. The van der Waals surface area contributed by atoms with Gasteiger partial charge in [0.1, 0.15) is 11.5 Å². The molecular formula is C23H23O2. The first kappa shape index (κ1) is 17.1. The minimum atomic E-state index is 0.276. The average molecular weight is 331 g/mol. The zero-order chi connectivity index (χ0) is 17.6. The molecule has 3 aromatic rings. The van der Waals surface area contributed by atoms with E-state index in [2.05, 4.69) is 49.4 Å². The van der Waals surface area contributed by atoms with Gasteiger partial charge in [0.15, 0.2) is 0 Å². The Kier molecular flexibility index (Phi) is 5.39. The Labute approximate surface area is 150 Å². The normalized spacial score (nSPS) is 10.7. The zero-order valence-electron chi connectivity index (χ0n) is 15.0. The second-order valence-electron chi connectivity index (χ2n) is 6.16. The fourth-order valence-corrected chi connectivity index (χ4v) is 3.10. The third-order valence-electron chi connectivity index (χ3n) is 4.65. The van der Waals surface area contributed by atoms with Gasteiger partial charge in [0.2, 0.25) is 0 Å². The van der Waals surface area contributed by atoms with Crippen molar-refractivity contribution in [1.29, 1.82) is 0 Å². The van der Waals surface area contributed by atoms with Crippen molar-refractivity contribution in [2.75, 3.05) is 14.2 Å². The van der Waals surface area contributed by atoms with E-state index in [-0.39, 0.29) is 5.92 Å². The van der Waals surface area contributed by atoms with Crippen molar-refractivity contribution in [1.82, 2.24) is 0 Å². The van der Waals surface area contributed by atoms with Gasteiger partial charge in [-0.25, -0.2) is 0 Å². The van der Waals surface area contributed by atoms with E-state index < -0.39 is 0 Å². The monoisotopic (exact) mass is 331 g/mol. The third kappa shape index (κ3) is 4.03. The molecule has 3 rings (SSSR count). The number of aryl methyl sites for hydroxylation is 1. The van der Waals surface area contributed by atoms with E-state index in [4.69, 9.17) is 9.47 Å². The molecule has 2 heteroatoms. The Balaban J connectivity index is 1.98. The fraction of sp³-hybridized carbons (Fsp3) is 0.217. The van der Waals surface area contributed by atoms with Gasteiger partial charge in [-0.15, -0.1) is 0 Å². The van der Waals surface area contributed by atoms with Crippen molar-refractivity contribution in [3.8, 4) is 11.5 Å². The van der Waals surface area contributed by atoms with E-state index in [1.54, 1.807) is 14.2 Å². The molecule has 0 aromatic heterocycles. The molecule has 0 heterocycles. The molecule has 0 saturated heterocycles. The Morgan fingerprint density at radius 3 is 1.76 bits per heavy atom. The highest BCUT2D eigenvalue weighted by atomic mass is 16.5. The molecule has 0 atom stereocenters. The average Bonchev–Trinajstić information content (AvgIpc) is 2.68. The van der Waals surface area contributed by atoms with Crippen molar-refractivity contribution >= 4 is 0 Å². The molecular weight excluding hydrogens is 308 g/mol. The Bertz CT molecular complexity index is 757. The summed E-state index contributed by atoms with van der Waals surface area (Å²) in [6, 6.07) is 26.1. The molecule has 0 fully saturated rings. The van der Waals surface area contributed by atoms with Gasteiger partial charge in [-0.1, -0.05) is 42.5 Å². The van der Waals surface area contributed by atoms with Crippen molar-refractivity contribution in [3.05, 3.63) is 95.1 Å². The first-order chi connectivity index (χ1) is 12.2. The van der Waals surface area contributed by atoms with Gasteiger partial charge >= 0.3 is 0 Å². The molecule has 0 unspecified atom stereocenters. The van der Waals surface area contributed by atoms with Crippen LogP contribution in [-0.4, -0.2) is 14.2 Å². The highest BCUT2D eigenvalue weighted by Crippen LogP contribution is 2.31. The fourth-order valence-electron chi connectivity index (χ4n) is 3.10. The summed E-state index contributed by atoms with van der Waals surface area (Å²) in [7, 11) is 3.39. The van der Waals surface area contributed by atoms with Crippen LogP contribution in [0.1, 0.15) is 28.2 Å². The van der Waals surface area contributed by atoms with Gasteiger partial charge in [0.25, 0.3) is 0 Å². The van der Waals surface area contributed by atoms with Crippen molar-refractivity contribution in [2.45, 2.75) is 19.3 Å². The van der Waals surface area contributed by atoms with Crippen LogP contribution in [0.25, 0.3) is 0 Å². The van der Waals surface area contributed by atoms with Gasteiger partial charge in [0, 0.05) is 5.92 Å². The van der Waals surface area contributed by atoms with E-state index in [1.807, 2.05) is 30.3 Å². The quantitative estimate of drug-likeness (QED) is 0.619. The van der Waals surface area contributed by atoms with Crippen LogP contribution in [-0.2, 0) is 6.42 Å². The number of benzene rings is 3. The molecule has 2 nitrogen and oxygen atoms in total. The maximum atomic E-state index is 5.30. The maximum Gasteiger partial charge on any atom is 0.118 e. The van der Waals surface area contributed by atoms with Crippen LogP contribution in [0.5, 0.6) is 11.5 Å². The zero-order valence-corrected chi connectivity index (χ0v) is 15.0. The molecule has 0 N–H and O–H groups in total. The Hall–Kier alpha value is -2.74. The summed E-state index contributed by atoms with van der Waals surface area (Å²) in [4.78, 5) is 0. The smallest absolute Gasteiger partial charge is 0.118 e. The number of ether oxygens (including phenoxy) is 2. The summed E-state index contributed by atoms with van der Waals surface area (Å²) in [5.41, 5.74) is 5.17. The van der Waals surface area contributed by atoms with Gasteiger partial charge in [-0.05, 0) is 65.9 Å². The molecule has 3 aromatic carbocycles. The lowest BCUT2D eigenvalue weighted by atomic mass is 9.85. The van der Waals surface area contributed by atoms with E-state index in [0.29, 0.717) is 0 Å². The van der Waals surface area contributed by atoms with Crippen LogP contribution in [0.3, 0.4) is 0 Å². The third-order valence-corrected chi connectivity index (χ3v) is 4.65. The summed E-state index contributed by atoms with van der Waals surface area (Å²) in [5.74, 6) is 2.03. The topological polar surface area (TPSA) is 18.5 Å². The van der Waals surface area contributed by atoms with Gasteiger partial charge in [-0.2, -0.15) is 0 Å². The van der Waals surface area contributed by atoms with Gasteiger partial charge in [0.05, 0.1) is 14.2 Å². The second-order valence-corrected chi connectivity index (χ2v) is 6.16. The highest BCUT2D eigenvalue weighted by molar-refractivity contribution is 5.40. The Morgan fingerprint density at radius 2 is 1.32 bits per heavy atom. The number of hydrogen-bond acceptors (Lipinski definition) is 2. The van der Waals surface area contributed by atoms with Crippen LogP contribution in [0, 0.1) is 13.0 Å². The van der Waals surface area contributed by atoms with Crippen LogP contribution in [0.15, 0.2) is 66.7 Å². The van der Waals surface area contributed by atoms with Crippen LogP contribution < -0.4 is 9.47 Å². The summed E-state index contributed by atoms with van der Waals surface area (Å²) < 4.78 is 10.6. The minimum Gasteiger partial charge on any atom is -0.497 e. The number of rotatable bonds is 6. The summed E-state index contributed by atoms with van der Waals surface area (Å²) >= 11 is 0. The molecule has 0 aliphatic rings. The highest BCUT2D eigenvalue weighted by Gasteiger charge is 2.16. The number of hydrogen-bond donors (Lipinski definition) is 0. The lowest BCUT2D eigenvalue weighted by Gasteiger charge is -2.20. The summed E-state index contributed by atoms with van der Waals surface area (Å²) in [6.45, 7) is 2.14. The van der Waals surface area contributed by atoms with E-state index in [0.717, 1.165) is 17.9 Å². The predicted molar refractivity (Wildman–Crippen MR) is 102 cm³/mol. The van der Waals surface area contributed by atoms with E-state index in [9.17, 15) is 0 Å². The minimum absolute atomic E-state index is 0.276. The molecule has 0 spiro atoms. The molecule has 0 saturated carbocycles. The maximum absolute atomic E-state index is 5.30. The molecule has 0 amide bonds. The van der Waals surface area contributed by atoms with Crippen molar-refractivity contribution in [3.63, 3.8) is 0 Å². The van der Waals surface area contributed by atoms with Crippen molar-refractivity contribution < 1.29 is 9.47 Å². The lowest BCUT2D eigenvalue weighted by molar-refractivity contribution is 0.414. The first-order valence-electron chi connectivity index (χ1n) is 8.44. The Morgan fingerprint density at radius 1 is 0.800 bits per heavy atom. The van der Waals surface area contributed by atoms with Crippen LogP contribution >= 0.6 is 0 Å². The summed E-state index contributed by atoms with van der Waals surface area (Å²) in [6.07, 6.45) is 0.944. The molecule has 127 valence electrons. The SMILES string of the molecule is COc1ccc(C(Cc2cc[c]cc2C)c2ccc(OC)cc2)cc1. The molecule has 1 radical (unpaired) electrons. The molecule has 25 heavy (non-hydrogen) atoms. The van der Waals surface area contributed by atoms with E-state index in [1.165, 1.54) is 22.3 Å². The van der Waals surface area contributed by atoms with Crippen molar-refractivity contribution in [2.24, 2.45) is 0 Å². The van der Waals surface area contributed by atoms with Crippen LogP contribution in [0.2, 0.25) is 0 Å². The van der Waals surface area contributed by atoms with Crippen LogP contribution in [0.4, 0.5) is 0 Å². The van der Waals surface area contributed by atoms with E-state index >= 15 is 0 Å². The predicted octanol–water partition coefficient (Wildman–Crippen LogP) is 5.19. The summed E-state index contributed by atoms with van der Waals surface area (Å²) in [5, 5.41) is 0. The first-order valence-corrected chi connectivity index (χ1v) is 8.44.